The third kappa shape index (κ3) is 7.35. The number of nitrogens with one attached hydrogen (secondary N) is 1. The van der Waals surface area contributed by atoms with Crippen molar-refractivity contribution in [2.24, 2.45) is 5.41 Å². The first kappa shape index (κ1) is 29.7. The number of aliphatic carboxylic acids is 1. The van der Waals surface area contributed by atoms with Crippen LogP contribution in [0.2, 0.25) is 0 Å². The normalized spacial score (nSPS) is 15.2. The van der Waals surface area contributed by atoms with E-state index in [1.165, 1.54) is 12.1 Å². The van der Waals surface area contributed by atoms with Gasteiger partial charge in [0.25, 0.3) is 5.88 Å². The molecule has 0 aliphatic carbocycles. The van der Waals surface area contributed by atoms with Gasteiger partial charge in [0.1, 0.15) is 29.3 Å². The minimum absolute atomic E-state index is 0.0977. The molecule has 1 aliphatic rings. The number of piperidine rings is 1. The summed E-state index contributed by atoms with van der Waals surface area (Å²) in [6, 6.07) is 13.7. The van der Waals surface area contributed by atoms with Gasteiger partial charge in [0, 0.05) is 18.3 Å². The third-order valence-corrected chi connectivity index (χ3v) is 7.17. The van der Waals surface area contributed by atoms with Gasteiger partial charge in [0.15, 0.2) is 11.6 Å². The number of carboxylic acids is 1. The number of halogens is 1. The van der Waals surface area contributed by atoms with Crippen LogP contribution in [0.1, 0.15) is 39.2 Å². The van der Waals surface area contributed by atoms with Gasteiger partial charge >= 0.3 is 5.97 Å². The summed E-state index contributed by atoms with van der Waals surface area (Å²) in [5.41, 5.74) is 0.535. The van der Waals surface area contributed by atoms with Crippen molar-refractivity contribution in [2.45, 2.75) is 46.1 Å². The van der Waals surface area contributed by atoms with Crippen molar-refractivity contribution < 1.29 is 23.8 Å². The highest BCUT2D eigenvalue weighted by Gasteiger charge is 2.28. The molecule has 1 aliphatic heterocycles. The molecule has 1 aromatic carbocycles. The summed E-state index contributed by atoms with van der Waals surface area (Å²) in [4.78, 5) is 31.7. The Balaban J connectivity index is 1.30. The number of hydrogen-bond acceptors (Lipinski definition) is 9. The summed E-state index contributed by atoms with van der Waals surface area (Å²) in [7, 11) is 0. The lowest BCUT2D eigenvalue weighted by molar-refractivity contribution is -0.146. The number of rotatable bonds is 11. The molecule has 10 nitrogen and oxygen atoms in total. The number of pyridine rings is 2. The van der Waals surface area contributed by atoms with Crippen molar-refractivity contribution in [3.8, 4) is 22.9 Å². The Hall–Kier alpha value is -4.80. The predicted molar refractivity (Wildman–Crippen MR) is 161 cm³/mol. The van der Waals surface area contributed by atoms with Crippen LogP contribution in [0.5, 0.6) is 11.6 Å². The predicted octanol–water partition coefficient (Wildman–Crippen LogP) is 5.92. The van der Waals surface area contributed by atoms with Crippen LogP contribution in [0.25, 0.3) is 11.3 Å². The molecule has 0 amide bonds. The first-order chi connectivity index (χ1) is 20.7. The summed E-state index contributed by atoms with van der Waals surface area (Å²) in [5, 5.41) is 12.7. The first-order valence-corrected chi connectivity index (χ1v) is 14.3. The van der Waals surface area contributed by atoms with E-state index in [1.54, 1.807) is 50.6 Å². The molecular weight excluding hydrogens is 551 g/mol. The Morgan fingerprint density at radius 2 is 2.00 bits per heavy atom. The molecule has 11 heteroatoms. The maximum atomic E-state index is 14.9. The Kier molecular flexibility index (Phi) is 8.98. The molecule has 1 fully saturated rings. The van der Waals surface area contributed by atoms with E-state index in [4.69, 9.17) is 14.5 Å². The Morgan fingerprint density at radius 1 is 1.14 bits per heavy atom. The molecule has 4 heterocycles. The molecule has 1 atom stereocenters. The second-order valence-corrected chi connectivity index (χ2v) is 11.0. The molecule has 1 unspecified atom stereocenters. The van der Waals surface area contributed by atoms with E-state index in [2.05, 4.69) is 25.2 Å². The van der Waals surface area contributed by atoms with Gasteiger partial charge in [-0.1, -0.05) is 18.2 Å². The highest BCUT2D eigenvalue weighted by Crippen LogP contribution is 2.30. The Bertz CT molecular complexity index is 1580. The van der Waals surface area contributed by atoms with Gasteiger partial charge < -0.3 is 24.8 Å². The average molecular weight is 587 g/mol. The standard InChI is InChI=1S/C32H35FN6O4/c1-4-42-25-11-6-14-35-30(25)43-23-10-7-15-39(20-23)28-19-34-18-27(37-28)36-26-13-12-24(33)29(38-26)22-9-5-8-21(16-22)17-32(2,3)31(40)41/h5-6,8-9,11-14,16,18-19,23H,4,7,10,15,17,20H2,1-3H3,(H,40,41)(H,36,37,38). The van der Waals surface area contributed by atoms with Gasteiger partial charge in [-0.2, -0.15) is 0 Å². The van der Waals surface area contributed by atoms with Crippen LogP contribution < -0.4 is 19.7 Å². The van der Waals surface area contributed by atoms with Crippen LogP contribution in [0.3, 0.4) is 0 Å². The van der Waals surface area contributed by atoms with E-state index in [0.29, 0.717) is 54.2 Å². The third-order valence-electron chi connectivity index (χ3n) is 7.17. The van der Waals surface area contributed by atoms with E-state index in [1.807, 2.05) is 25.1 Å². The van der Waals surface area contributed by atoms with Crippen LogP contribution in [0, 0.1) is 11.2 Å². The second-order valence-electron chi connectivity index (χ2n) is 11.0. The van der Waals surface area contributed by atoms with Gasteiger partial charge in [0.2, 0.25) is 0 Å². The van der Waals surface area contributed by atoms with Crippen LogP contribution in [-0.4, -0.2) is 56.8 Å². The van der Waals surface area contributed by atoms with Gasteiger partial charge in [-0.25, -0.2) is 19.3 Å². The quantitative estimate of drug-likeness (QED) is 0.219. The Labute approximate surface area is 250 Å². The van der Waals surface area contributed by atoms with Crippen molar-refractivity contribution >= 4 is 23.4 Å². The largest absolute Gasteiger partial charge is 0.488 e. The van der Waals surface area contributed by atoms with E-state index >= 15 is 0 Å². The zero-order chi connectivity index (χ0) is 30.4. The number of ether oxygens (including phenoxy) is 2. The van der Waals surface area contributed by atoms with Gasteiger partial charge in [-0.15, -0.1) is 0 Å². The van der Waals surface area contributed by atoms with E-state index in [0.717, 1.165) is 24.9 Å². The zero-order valence-electron chi connectivity index (χ0n) is 24.5. The number of aromatic nitrogens is 4. The summed E-state index contributed by atoms with van der Waals surface area (Å²) in [6.07, 6.45) is 6.96. The van der Waals surface area contributed by atoms with E-state index in [-0.39, 0.29) is 11.8 Å². The minimum Gasteiger partial charge on any atom is -0.488 e. The molecule has 5 rings (SSSR count). The zero-order valence-corrected chi connectivity index (χ0v) is 24.5. The van der Waals surface area contributed by atoms with Crippen molar-refractivity contribution in [1.29, 1.82) is 0 Å². The van der Waals surface area contributed by atoms with Crippen molar-refractivity contribution in [1.82, 2.24) is 19.9 Å². The monoisotopic (exact) mass is 586 g/mol. The molecule has 0 saturated carbocycles. The van der Waals surface area contributed by atoms with Crippen LogP contribution in [0.4, 0.5) is 21.8 Å². The highest BCUT2D eigenvalue weighted by molar-refractivity contribution is 5.74. The Morgan fingerprint density at radius 3 is 2.81 bits per heavy atom. The topological polar surface area (TPSA) is 123 Å². The SMILES string of the molecule is CCOc1cccnc1OC1CCCN(c2cncc(Nc3ccc(F)c(-c4cccc(CC(C)(C)C(=O)O)c4)n3)n2)C1. The molecular formula is C32H35FN6O4. The fraction of sp³-hybridized carbons (Fsp3) is 0.344. The number of nitrogens with zero attached hydrogens (tertiary/aromatic N) is 5. The number of hydrogen-bond donors (Lipinski definition) is 2. The second kappa shape index (κ2) is 13.0. The lowest BCUT2D eigenvalue weighted by atomic mass is 9.85. The van der Waals surface area contributed by atoms with Crippen LogP contribution in [0.15, 0.2) is 67.1 Å². The highest BCUT2D eigenvalue weighted by atomic mass is 19.1. The fourth-order valence-electron chi connectivity index (χ4n) is 4.96. The number of benzene rings is 1. The van der Waals surface area contributed by atoms with Crippen molar-refractivity contribution in [3.63, 3.8) is 0 Å². The molecule has 0 bridgehead atoms. The van der Waals surface area contributed by atoms with Gasteiger partial charge in [0.05, 0.1) is 31.0 Å². The molecule has 0 spiro atoms. The van der Waals surface area contributed by atoms with Gasteiger partial charge in [-0.05, 0) is 75.9 Å². The summed E-state index contributed by atoms with van der Waals surface area (Å²) < 4.78 is 26.8. The lowest BCUT2D eigenvalue weighted by Crippen LogP contribution is -2.41. The molecule has 43 heavy (non-hydrogen) atoms. The van der Waals surface area contributed by atoms with E-state index in [9.17, 15) is 14.3 Å². The minimum atomic E-state index is -0.955. The summed E-state index contributed by atoms with van der Waals surface area (Å²) >= 11 is 0. The fourth-order valence-corrected chi connectivity index (χ4v) is 4.96. The molecule has 1 saturated heterocycles. The molecule has 0 radical (unpaired) electrons. The summed E-state index contributed by atoms with van der Waals surface area (Å²) in [6.45, 7) is 7.17. The maximum absolute atomic E-state index is 14.9. The van der Waals surface area contributed by atoms with Crippen molar-refractivity contribution in [2.75, 3.05) is 29.9 Å². The van der Waals surface area contributed by atoms with E-state index < -0.39 is 17.2 Å². The number of carboxylic acid groups (broad SMARTS) is 1. The van der Waals surface area contributed by atoms with Crippen molar-refractivity contribution in [3.05, 3.63) is 78.5 Å². The maximum Gasteiger partial charge on any atom is 0.309 e. The lowest BCUT2D eigenvalue weighted by Gasteiger charge is -2.33. The molecule has 3 aromatic heterocycles. The smallest absolute Gasteiger partial charge is 0.309 e. The van der Waals surface area contributed by atoms with Crippen LogP contribution >= 0.6 is 0 Å². The molecule has 224 valence electrons. The average Bonchev–Trinajstić information content (AvgIpc) is 2.99. The first-order valence-electron chi connectivity index (χ1n) is 14.3. The number of anilines is 3. The van der Waals surface area contributed by atoms with Crippen LogP contribution in [-0.2, 0) is 11.2 Å². The summed E-state index contributed by atoms with van der Waals surface area (Å²) in [5.74, 6) is 1.26. The van der Waals surface area contributed by atoms with Gasteiger partial charge in [-0.3, -0.25) is 9.78 Å². The number of carbonyl (C=O) groups is 1. The molecule has 2 N–H and O–H groups in total. The molecule has 4 aromatic rings.